The van der Waals surface area contributed by atoms with Gasteiger partial charge < -0.3 is 20.4 Å². The van der Waals surface area contributed by atoms with Crippen LogP contribution in [0.15, 0.2) is 36.5 Å². The third-order valence-corrected chi connectivity index (χ3v) is 8.29. The van der Waals surface area contributed by atoms with E-state index in [1.807, 2.05) is 13.0 Å². The quantitative estimate of drug-likeness (QED) is 0.644. The molecule has 4 atom stereocenters. The molecule has 2 unspecified atom stereocenters. The van der Waals surface area contributed by atoms with Gasteiger partial charge in [-0.2, -0.15) is 0 Å². The van der Waals surface area contributed by atoms with Crippen molar-refractivity contribution < 1.29 is 9.59 Å². The maximum atomic E-state index is 14.0. The van der Waals surface area contributed by atoms with E-state index in [1.165, 1.54) is 17.6 Å². The Labute approximate surface area is 205 Å². The van der Waals surface area contributed by atoms with Gasteiger partial charge in [0.05, 0.1) is 12.1 Å². The van der Waals surface area contributed by atoms with Crippen LogP contribution in [0.3, 0.4) is 0 Å². The van der Waals surface area contributed by atoms with Crippen molar-refractivity contribution in [2.45, 2.75) is 76.9 Å². The number of hydrogen-bond donors (Lipinski definition) is 2. The van der Waals surface area contributed by atoms with E-state index in [1.54, 1.807) is 7.05 Å². The average Bonchev–Trinajstić information content (AvgIpc) is 3.30. The SMILES string of the molecule is CN[C@H](C)C(=O)N[C@@H](C(=O)N1CCC2CCN(/C=C(\C)c3ccccc3)CC21)C1CCCCC1. The van der Waals surface area contributed by atoms with Crippen molar-refractivity contribution in [2.75, 3.05) is 26.7 Å². The van der Waals surface area contributed by atoms with Crippen molar-refractivity contribution in [3.63, 3.8) is 0 Å². The monoisotopic (exact) mass is 466 g/mol. The topological polar surface area (TPSA) is 64.7 Å². The first-order valence-corrected chi connectivity index (χ1v) is 13.2. The molecular weight excluding hydrogens is 424 g/mol. The molecule has 0 spiro atoms. The summed E-state index contributed by atoms with van der Waals surface area (Å²) in [6, 6.07) is 10.0. The number of likely N-dealkylation sites (N-methyl/N-ethyl adjacent to an activating group) is 1. The van der Waals surface area contributed by atoms with Crippen molar-refractivity contribution in [3.05, 3.63) is 42.1 Å². The van der Waals surface area contributed by atoms with Crippen LogP contribution in [-0.4, -0.2) is 66.4 Å². The lowest BCUT2D eigenvalue weighted by molar-refractivity contribution is -0.140. The number of carbonyl (C=O) groups is 2. The summed E-state index contributed by atoms with van der Waals surface area (Å²) in [5.41, 5.74) is 2.49. The molecule has 0 bridgehead atoms. The highest BCUT2D eigenvalue weighted by atomic mass is 16.2. The number of allylic oxidation sites excluding steroid dienone is 1. The Morgan fingerprint density at radius 2 is 1.74 bits per heavy atom. The maximum absolute atomic E-state index is 14.0. The Hall–Kier alpha value is -2.34. The highest BCUT2D eigenvalue weighted by Gasteiger charge is 2.44. The minimum absolute atomic E-state index is 0.0751. The number of fused-ring (bicyclic) bond motifs is 1. The van der Waals surface area contributed by atoms with E-state index >= 15 is 0 Å². The molecule has 1 aromatic rings. The molecule has 1 aromatic carbocycles. The molecule has 2 amide bonds. The first-order valence-electron chi connectivity index (χ1n) is 13.2. The van der Waals surface area contributed by atoms with Gasteiger partial charge in [-0.15, -0.1) is 0 Å². The molecule has 3 fully saturated rings. The molecule has 3 aliphatic rings. The molecule has 6 nitrogen and oxygen atoms in total. The Kier molecular flexibility index (Phi) is 8.30. The fourth-order valence-corrected chi connectivity index (χ4v) is 6.04. The average molecular weight is 467 g/mol. The van der Waals surface area contributed by atoms with Crippen molar-refractivity contribution >= 4 is 17.4 Å². The van der Waals surface area contributed by atoms with Crippen molar-refractivity contribution in [2.24, 2.45) is 11.8 Å². The molecule has 1 aliphatic carbocycles. The number of rotatable bonds is 7. The van der Waals surface area contributed by atoms with Crippen LogP contribution in [0.1, 0.15) is 64.4 Å². The number of likely N-dealkylation sites (tertiary alicyclic amines) is 2. The number of piperidine rings is 1. The lowest BCUT2D eigenvalue weighted by Gasteiger charge is -2.40. The molecule has 34 heavy (non-hydrogen) atoms. The van der Waals surface area contributed by atoms with Crippen LogP contribution in [0.2, 0.25) is 0 Å². The minimum Gasteiger partial charge on any atom is -0.375 e. The van der Waals surface area contributed by atoms with Crippen LogP contribution >= 0.6 is 0 Å². The van der Waals surface area contributed by atoms with Crippen LogP contribution in [0.25, 0.3) is 5.57 Å². The van der Waals surface area contributed by atoms with Crippen LogP contribution in [-0.2, 0) is 9.59 Å². The van der Waals surface area contributed by atoms with Gasteiger partial charge in [-0.3, -0.25) is 9.59 Å². The third-order valence-electron chi connectivity index (χ3n) is 8.29. The summed E-state index contributed by atoms with van der Waals surface area (Å²) in [5.74, 6) is 0.869. The Bertz CT molecular complexity index is 864. The third kappa shape index (κ3) is 5.65. The fraction of sp³-hybridized carbons (Fsp3) is 0.643. The lowest BCUT2D eigenvalue weighted by Crippen LogP contribution is -2.58. The van der Waals surface area contributed by atoms with E-state index in [0.29, 0.717) is 5.92 Å². The van der Waals surface area contributed by atoms with Crippen molar-refractivity contribution in [3.8, 4) is 0 Å². The number of hydrogen-bond acceptors (Lipinski definition) is 4. The molecule has 2 aliphatic heterocycles. The molecular formula is C28H42N4O2. The Morgan fingerprint density at radius 1 is 1.03 bits per heavy atom. The van der Waals surface area contributed by atoms with Crippen LogP contribution in [0, 0.1) is 11.8 Å². The molecule has 2 N–H and O–H groups in total. The molecule has 1 saturated carbocycles. The smallest absolute Gasteiger partial charge is 0.245 e. The summed E-state index contributed by atoms with van der Waals surface area (Å²) in [6.45, 7) is 6.74. The molecule has 6 heteroatoms. The van der Waals surface area contributed by atoms with Gasteiger partial charge in [-0.25, -0.2) is 0 Å². The van der Waals surface area contributed by atoms with Gasteiger partial charge in [0.25, 0.3) is 0 Å². The highest BCUT2D eigenvalue weighted by molar-refractivity contribution is 5.90. The summed E-state index contributed by atoms with van der Waals surface area (Å²) in [6.07, 6.45) is 10.0. The van der Waals surface area contributed by atoms with Crippen LogP contribution in [0.5, 0.6) is 0 Å². The summed E-state index contributed by atoms with van der Waals surface area (Å²) in [5, 5.41) is 6.17. The standard InChI is InChI=1S/C28H42N4O2/c1-20(22-10-6-4-7-11-22)18-31-16-14-23-15-17-32(25(23)19-31)28(34)26(24-12-8-5-9-13-24)30-27(33)21(2)29-3/h4,6-7,10-11,18,21,23-26,29H,5,8-9,12-17,19H2,1-3H3,(H,30,33)/b20-18+/t21-,23?,25?,26-/m1/s1. The first-order chi connectivity index (χ1) is 16.5. The van der Waals surface area contributed by atoms with Gasteiger partial charge in [-0.1, -0.05) is 49.6 Å². The van der Waals surface area contributed by atoms with Gasteiger partial charge in [0, 0.05) is 25.8 Å². The summed E-state index contributed by atoms with van der Waals surface area (Å²) in [4.78, 5) is 31.2. The van der Waals surface area contributed by atoms with Gasteiger partial charge in [-0.05, 0) is 69.6 Å². The molecule has 2 saturated heterocycles. The second kappa shape index (κ2) is 11.4. The zero-order chi connectivity index (χ0) is 24.1. The predicted molar refractivity (Wildman–Crippen MR) is 137 cm³/mol. The summed E-state index contributed by atoms with van der Waals surface area (Å²) >= 11 is 0. The summed E-state index contributed by atoms with van der Waals surface area (Å²) in [7, 11) is 1.79. The maximum Gasteiger partial charge on any atom is 0.245 e. The molecule has 0 radical (unpaired) electrons. The number of nitrogens with one attached hydrogen (secondary N) is 2. The molecule has 2 heterocycles. The van der Waals surface area contributed by atoms with Gasteiger partial charge in [0.1, 0.15) is 6.04 Å². The van der Waals surface area contributed by atoms with E-state index in [4.69, 9.17) is 0 Å². The Morgan fingerprint density at radius 3 is 2.44 bits per heavy atom. The number of benzene rings is 1. The Balaban J connectivity index is 1.48. The number of carbonyl (C=O) groups excluding carboxylic acids is 2. The minimum atomic E-state index is -0.403. The first kappa shape index (κ1) is 24.8. The normalized spacial score (nSPS) is 25.6. The molecule has 4 rings (SSSR count). The van der Waals surface area contributed by atoms with Crippen molar-refractivity contribution in [1.29, 1.82) is 0 Å². The van der Waals surface area contributed by atoms with Gasteiger partial charge in [0.15, 0.2) is 0 Å². The zero-order valence-corrected chi connectivity index (χ0v) is 21.1. The van der Waals surface area contributed by atoms with Crippen molar-refractivity contribution in [1.82, 2.24) is 20.4 Å². The van der Waals surface area contributed by atoms with Gasteiger partial charge >= 0.3 is 0 Å². The number of nitrogens with zero attached hydrogens (tertiary/aromatic N) is 2. The number of amides is 2. The van der Waals surface area contributed by atoms with Crippen LogP contribution in [0.4, 0.5) is 0 Å². The van der Waals surface area contributed by atoms with E-state index in [0.717, 1.165) is 58.2 Å². The summed E-state index contributed by atoms with van der Waals surface area (Å²) < 4.78 is 0. The largest absolute Gasteiger partial charge is 0.375 e. The highest BCUT2D eigenvalue weighted by Crippen LogP contribution is 2.35. The predicted octanol–water partition coefficient (Wildman–Crippen LogP) is 3.64. The van der Waals surface area contributed by atoms with Crippen LogP contribution < -0.4 is 10.6 Å². The molecule has 0 aromatic heterocycles. The van der Waals surface area contributed by atoms with Gasteiger partial charge in [0.2, 0.25) is 11.8 Å². The lowest BCUT2D eigenvalue weighted by atomic mass is 9.83. The second-order valence-corrected chi connectivity index (χ2v) is 10.5. The van der Waals surface area contributed by atoms with E-state index < -0.39 is 6.04 Å². The van der Waals surface area contributed by atoms with E-state index in [-0.39, 0.29) is 29.8 Å². The second-order valence-electron chi connectivity index (χ2n) is 10.5. The van der Waals surface area contributed by atoms with E-state index in [9.17, 15) is 9.59 Å². The fourth-order valence-electron chi connectivity index (χ4n) is 6.04. The van der Waals surface area contributed by atoms with E-state index in [2.05, 4.69) is 57.8 Å². The zero-order valence-electron chi connectivity index (χ0n) is 21.1. The molecule has 186 valence electrons.